The van der Waals surface area contributed by atoms with E-state index in [0.717, 1.165) is 36.2 Å². The molecule has 0 radical (unpaired) electrons. The van der Waals surface area contributed by atoms with Gasteiger partial charge in [-0.15, -0.1) is 0 Å². The van der Waals surface area contributed by atoms with Crippen molar-refractivity contribution in [2.75, 3.05) is 25.4 Å². The molecule has 1 aliphatic heterocycles. The van der Waals surface area contributed by atoms with E-state index in [0.29, 0.717) is 12.5 Å². The zero-order valence-corrected chi connectivity index (χ0v) is 11.5. The van der Waals surface area contributed by atoms with E-state index in [4.69, 9.17) is 5.73 Å². The minimum atomic E-state index is 0.303. The zero-order chi connectivity index (χ0) is 12.3. The summed E-state index contributed by atoms with van der Waals surface area (Å²) >= 11 is 3.46. The van der Waals surface area contributed by atoms with Crippen molar-refractivity contribution < 1.29 is 5.11 Å². The predicted octanol–water partition coefficient (Wildman–Crippen LogP) is 2.24. The highest BCUT2D eigenvalue weighted by atomic mass is 79.9. The van der Waals surface area contributed by atoms with Gasteiger partial charge in [-0.05, 0) is 49.1 Å². The van der Waals surface area contributed by atoms with Crippen molar-refractivity contribution in [3.05, 3.63) is 28.2 Å². The van der Waals surface area contributed by atoms with E-state index in [-0.39, 0.29) is 0 Å². The summed E-state index contributed by atoms with van der Waals surface area (Å²) in [7, 11) is 0. The second-order valence-corrected chi connectivity index (χ2v) is 5.73. The Kier molecular flexibility index (Phi) is 4.42. The Balaban J connectivity index is 2.00. The molecule has 1 fully saturated rings. The van der Waals surface area contributed by atoms with Crippen molar-refractivity contribution in [3.63, 3.8) is 0 Å². The standard InChI is InChI=1S/C13H19BrN2O/c14-12-4-11(5-13(15)6-12)8-16-3-1-2-10(7-16)9-17/h4-6,10,17H,1-3,7-9,15H2. The van der Waals surface area contributed by atoms with Gasteiger partial charge in [0.05, 0.1) is 0 Å². The normalized spacial score (nSPS) is 21.6. The average molecular weight is 299 g/mol. The number of nitrogens with zero attached hydrogens (tertiary/aromatic N) is 1. The molecular weight excluding hydrogens is 280 g/mol. The van der Waals surface area contributed by atoms with Crippen LogP contribution < -0.4 is 5.73 Å². The SMILES string of the molecule is Nc1cc(Br)cc(CN2CCCC(CO)C2)c1. The van der Waals surface area contributed by atoms with Gasteiger partial charge < -0.3 is 10.8 Å². The van der Waals surface area contributed by atoms with E-state index in [1.54, 1.807) is 0 Å². The maximum absolute atomic E-state index is 9.21. The molecule has 1 aromatic rings. The molecule has 2 rings (SSSR count). The van der Waals surface area contributed by atoms with Crippen molar-refractivity contribution in [2.45, 2.75) is 19.4 Å². The van der Waals surface area contributed by atoms with Gasteiger partial charge in [0.25, 0.3) is 0 Å². The molecule has 1 aliphatic rings. The molecule has 4 heteroatoms. The molecule has 1 atom stereocenters. The molecule has 1 aromatic carbocycles. The predicted molar refractivity (Wildman–Crippen MR) is 73.6 cm³/mol. The summed E-state index contributed by atoms with van der Waals surface area (Å²) in [6.45, 7) is 3.32. The molecule has 0 amide bonds. The molecule has 1 unspecified atom stereocenters. The smallest absolute Gasteiger partial charge is 0.0471 e. The van der Waals surface area contributed by atoms with Gasteiger partial charge in [-0.1, -0.05) is 15.9 Å². The van der Waals surface area contributed by atoms with Gasteiger partial charge in [-0.2, -0.15) is 0 Å². The van der Waals surface area contributed by atoms with Gasteiger partial charge in [0.15, 0.2) is 0 Å². The fraction of sp³-hybridized carbons (Fsp3) is 0.538. The van der Waals surface area contributed by atoms with Gasteiger partial charge in [0.2, 0.25) is 0 Å². The van der Waals surface area contributed by atoms with Crippen LogP contribution in [0.1, 0.15) is 18.4 Å². The fourth-order valence-corrected chi connectivity index (χ4v) is 3.03. The second-order valence-electron chi connectivity index (χ2n) is 4.82. The van der Waals surface area contributed by atoms with Crippen molar-refractivity contribution in [3.8, 4) is 0 Å². The number of likely N-dealkylation sites (tertiary alicyclic amines) is 1. The summed E-state index contributed by atoms with van der Waals surface area (Å²) in [4.78, 5) is 2.39. The van der Waals surface area contributed by atoms with Gasteiger partial charge in [-0.25, -0.2) is 0 Å². The second kappa shape index (κ2) is 5.85. The number of nitrogens with two attached hydrogens (primary N) is 1. The Bertz CT molecular complexity index is 363. The maximum Gasteiger partial charge on any atom is 0.0471 e. The Labute approximate surface area is 111 Å². The van der Waals surface area contributed by atoms with Crippen LogP contribution in [0.25, 0.3) is 0 Å². The summed E-state index contributed by atoms with van der Waals surface area (Å²) in [6, 6.07) is 6.04. The Morgan fingerprint density at radius 3 is 2.94 bits per heavy atom. The first-order chi connectivity index (χ1) is 8.17. The Morgan fingerprint density at radius 2 is 2.24 bits per heavy atom. The highest BCUT2D eigenvalue weighted by Crippen LogP contribution is 2.21. The Hall–Kier alpha value is -0.580. The molecule has 3 nitrogen and oxygen atoms in total. The van der Waals surface area contributed by atoms with Crippen LogP contribution in [0, 0.1) is 5.92 Å². The van der Waals surface area contributed by atoms with Crippen molar-refractivity contribution >= 4 is 21.6 Å². The van der Waals surface area contributed by atoms with E-state index in [1.807, 2.05) is 12.1 Å². The number of anilines is 1. The third kappa shape index (κ3) is 3.69. The van der Waals surface area contributed by atoms with Crippen LogP contribution >= 0.6 is 15.9 Å². The molecule has 1 heterocycles. The summed E-state index contributed by atoms with van der Waals surface area (Å²) in [6.07, 6.45) is 2.32. The van der Waals surface area contributed by atoms with Crippen LogP contribution in [-0.4, -0.2) is 29.7 Å². The average Bonchev–Trinajstić information content (AvgIpc) is 2.28. The minimum Gasteiger partial charge on any atom is -0.399 e. The van der Waals surface area contributed by atoms with E-state index in [2.05, 4.69) is 26.9 Å². The third-order valence-corrected chi connectivity index (χ3v) is 3.71. The first-order valence-electron chi connectivity index (χ1n) is 6.05. The van der Waals surface area contributed by atoms with Crippen molar-refractivity contribution in [1.82, 2.24) is 4.90 Å². The third-order valence-electron chi connectivity index (χ3n) is 3.25. The molecule has 94 valence electrons. The summed E-state index contributed by atoms with van der Waals surface area (Å²) in [5.74, 6) is 0.438. The molecular formula is C13H19BrN2O. The van der Waals surface area contributed by atoms with Crippen LogP contribution in [0.5, 0.6) is 0 Å². The van der Waals surface area contributed by atoms with Crippen molar-refractivity contribution in [2.24, 2.45) is 5.92 Å². The van der Waals surface area contributed by atoms with Crippen LogP contribution in [0.4, 0.5) is 5.69 Å². The number of benzene rings is 1. The van der Waals surface area contributed by atoms with Gasteiger partial charge in [0.1, 0.15) is 0 Å². The van der Waals surface area contributed by atoms with E-state index in [9.17, 15) is 5.11 Å². The van der Waals surface area contributed by atoms with Crippen LogP contribution in [0.15, 0.2) is 22.7 Å². The van der Waals surface area contributed by atoms with Crippen LogP contribution in [0.3, 0.4) is 0 Å². The lowest BCUT2D eigenvalue weighted by Crippen LogP contribution is -2.36. The number of piperidine rings is 1. The molecule has 0 aliphatic carbocycles. The zero-order valence-electron chi connectivity index (χ0n) is 9.90. The van der Waals surface area contributed by atoms with Gasteiger partial charge >= 0.3 is 0 Å². The van der Waals surface area contributed by atoms with Crippen LogP contribution in [-0.2, 0) is 6.54 Å². The first-order valence-corrected chi connectivity index (χ1v) is 6.85. The van der Waals surface area contributed by atoms with E-state index >= 15 is 0 Å². The molecule has 0 bridgehead atoms. The van der Waals surface area contributed by atoms with E-state index in [1.165, 1.54) is 12.0 Å². The summed E-state index contributed by atoms with van der Waals surface area (Å²) in [5.41, 5.74) is 7.86. The summed E-state index contributed by atoms with van der Waals surface area (Å²) < 4.78 is 1.03. The van der Waals surface area contributed by atoms with E-state index < -0.39 is 0 Å². The fourth-order valence-electron chi connectivity index (χ4n) is 2.47. The number of rotatable bonds is 3. The monoisotopic (exact) mass is 298 g/mol. The molecule has 0 saturated carbocycles. The lowest BCUT2D eigenvalue weighted by molar-refractivity contribution is 0.116. The van der Waals surface area contributed by atoms with Gasteiger partial charge in [-0.3, -0.25) is 4.90 Å². The minimum absolute atomic E-state index is 0.303. The number of aliphatic hydroxyl groups excluding tert-OH is 1. The number of hydrogen-bond donors (Lipinski definition) is 2. The summed E-state index contributed by atoms with van der Waals surface area (Å²) in [5, 5.41) is 9.21. The molecule has 3 N–H and O–H groups in total. The highest BCUT2D eigenvalue weighted by Gasteiger charge is 2.19. The first kappa shape index (κ1) is 12.9. The lowest BCUT2D eigenvalue weighted by Gasteiger charge is -2.31. The van der Waals surface area contributed by atoms with Crippen molar-refractivity contribution in [1.29, 1.82) is 0 Å². The highest BCUT2D eigenvalue weighted by molar-refractivity contribution is 9.10. The lowest BCUT2D eigenvalue weighted by atomic mass is 9.98. The molecule has 0 spiro atoms. The topological polar surface area (TPSA) is 49.5 Å². The molecule has 17 heavy (non-hydrogen) atoms. The van der Waals surface area contributed by atoms with Gasteiger partial charge in [0, 0.05) is 29.9 Å². The Morgan fingerprint density at radius 1 is 1.41 bits per heavy atom. The largest absolute Gasteiger partial charge is 0.399 e. The molecule has 0 aromatic heterocycles. The maximum atomic E-state index is 9.21. The number of aliphatic hydroxyl groups is 1. The van der Waals surface area contributed by atoms with Crippen LogP contribution in [0.2, 0.25) is 0 Å². The molecule has 1 saturated heterocycles. The number of hydrogen-bond acceptors (Lipinski definition) is 3. The quantitative estimate of drug-likeness (QED) is 0.842. The number of halogens is 1. The number of nitrogen functional groups attached to an aromatic ring is 1.